The number of aliphatic hydroxyl groups excluding tert-OH is 4. The smallest absolute Gasteiger partial charge is 0.229 e. The Bertz CT molecular complexity index is 1660. The molecule has 4 aromatic carbocycles. The van der Waals surface area contributed by atoms with Crippen LogP contribution in [0.4, 0.5) is 0 Å². The highest BCUT2D eigenvalue weighted by Crippen LogP contribution is 2.53. The molecule has 0 spiro atoms. The molecule has 0 amide bonds. The lowest BCUT2D eigenvalue weighted by Crippen LogP contribution is -2.60. The summed E-state index contributed by atoms with van der Waals surface area (Å²) >= 11 is 0. The molecule has 7 atom stereocenters. The van der Waals surface area contributed by atoms with Gasteiger partial charge >= 0.3 is 0 Å². The van der Waals surface area contributed by atoms with E-state index in [-0.39, 0.29) is 28.7 Å². The Kier molecular flexibility index (Phi) is 8.28. The molecule has 0 radical (unpaired) electrons. The summed E-state index contributed by atoms with van der Waals surface area (Å²) in [5.41, 5.74) is 3.28. The minimum Gasteiger partial charge on any atom is -0.508 e. The van der Waals surface area contributed by atoms with E-state index in [2.05, 4.69) is 0 Å². The van der Waals surface area contributed by atoms with Crippen molar-refractivity contribution < 1.29 is 55.1 Å². The van der Waals surface area contributed by atoms with Crippen LogP contribution in [0.1, 0.15) is 39.8 Å². The first kappa shape index (κ1) is 30.3. The van der Waals surface area contributed by atoms with E-state index in [4.69, 9.17) is 14.2 Å². The van der Waals surface area contributed by atoms with Crippen LogP contribution in [0, 0.1) is 0 Å². The van der Waals surface area contributed by atoms with Gasteiger partial charge in [-0.2, -0.15) is 0 Å². The normalized spacial score (nSPS) is 26.0. The maximum Gasteiger partial charge on any atom is 0.229 e. The van der Waals surface area contributed by atoms with E-state index in [1.54, 1.807) is 60.7 Å². The zero-order chi connectivity index (χ0) is 31.8. The molecule has 0 aliphatic carbocycles. The van der Waals surface area contributed by atoms with Crippen LogP contribution in [0.25, 0.3) is 12.2 Å². The third-order valence-electron chi connectivity index (χ3n) is 7.97. The molecule has 1 fully saturated rings. The summed E-state index contributed by atoms with van der Waals surface area (Å²) < 4.78 is 18.0. The monoisotopic (exact) mass is 616 g/mol. The summed E-state index contributed by atoms with van der Waals surface area (Å²) in [4.78, 5) is 0. The van der Waals surface area contributed by atoms with E-state index in [9.17, 15) is 40.9 Å². The van der Waals surface area contributed by atoms with Gasteiger partial charge in [0.2, 0.25) is 6.29 Å². The van der Waals surface area contributed by atoms with Crippen LogP contribution in [-0.4, -0.2) is 78.2 Å². The second-order valence-electron chi connectivity index (χ2n) is 11.1. The molecular weight excluding hydrogens is 584 g/mol. The van der Waals surface area contributed by atoms with Gasteiger partial charge < -0.3 is 55.1 Å². The SMILES string of the molecule is OC[C@H]1O[C@@H](Oc2cc(/C=C/c3ccc(O)cc3)c3c(c2)O[C@@H](c2ccc(O)cc2)[C@@H]3c2cc(O)cc(O)c2)[C@H](O)[C@@H](O)[C@@H]1O. The van der Waals surface area contributed by atoms with Crippen molar-refractivity contribution in [2.45, 2.75) is 42.7 Å². The first-order chi connectivity index (χ1) is 21.6. The molecule has 0 saturated carbocycles. The van der Waals surface area contributed by atoms with E-state index in [0.29, 0.717) is 28.0 Å². The summed E-state index contributed by atoms with van der Waals surface area (Å²) in [6.07, 6.45) is -4.52. The summed E-state index contributed by atoms with van der Waals surface area (Å²) in [5.74, 6) is -0.146. The molecule has 2 aliphatic heterocycles. The van der Waals surface area contributed by atoms with Gasteiger partial charge in [0.25, 0.3) is 0 Å². The van der Waals surface area contributed by atoms with Crippen LogP contribution in [0.15, 0.2) is 78.9 Å². The maximum absolute atomic E-state index is 10.6. The number of aliphatic hydroxyl groups is 4. The molecule has 2 aliphatic rings. The number of phenolic OH excluding ortho intramolecular Hbond substituents is 4. The zero-order valence-electron chi connectivity index (χ0n) is 23.7. The van der Waals surface area contributed by atoms with Crippen LogP contribution in [0.3, 0.4) is 0 Å². The van der Waals surface area contributed by atoms with Crippen molar-refractivity contribution in [3.63, 3.8) is 0 Å². The first-order valence-electron chi connectivity index (χ1n) is 14.2. The van der Waals surface area contributed by atoms with Crippen LogP contribution in [0.2, 0.25) is 0 Å². The Labute approximate surface area is 257 Å². The number of aromatic hydroxyl groups is 4. The average molecular weight is 617 g/mol. The summed E-state index contributed by atoms with van der Waals surface area (Å²) in [6, 6.07) is 20.5. The minimum absolute atomic E-state index is 0.0635. The van der Waals surface area contributed by atoms with E-state index in [1.807, 2.05) is 0 Å². The molecule has 0 aromatic heterocycles. The van der Waals surface area contributed by atoms with Crippen LogP contribution in [-0.2, 0) is 4.74 Å². The van der Waals surface area contributed by atoms with Gasteiger partial charge in [0, 0.05) is 17.7 Å². The van der Waals surface area contributed by atoms with E-state index >= 15 is 0 Å². The second-order valence-corrected chi connectivity index (χ2v) is 11.1. The number of benzene rings is 4. The van der Waals surface area contributed by atoms with Gasteiger partial charge in [-0.15, -0.1) is 0 Å². The fourth-order valence-electron chi connectivity index (χ4n) is 5.75. The maximum atomic E-state index is 10.6. The van der Waals surface area contributed by atoms with Gasteiger partial charge in [0.15, 0.2) is 0 Å². The lowest BCUT2D eigenvalue weighted by molar-refractivity contribution is -0.277. The van der Waals surface area contributed by atoms with Gasteiger partial charge in [0.1, 0.15) is 65.0 Å². The van der Waals surface area contributed by atoms with Crippen molar-refractivity contribution in [1.29, 1.82) is 0 Å². The highest BCUT2D eigenvalue weighted by molar-refractivity contribution is 5.75. The molecule has 11 nitrogen and oxygen atoms in total. The van der Waals surface area contributed by atoms with Crippen molar-refractivity contribution in [1.82, 2.24) is 0 Å². The number of hydrogen-bond donors (Lipinski definition) is 8. The van der Waals surface area contributed by atoms with Gasteiger partial charge in [-0.25, -0.2) is 0 Å². The Morgan fingerprint density at radius 3 is 1.96 bits per heavy atom. The number of hydrogen-bond acceptors (Lipinski definition) is 11. The van der Waals surface area contributed by atoms with Crippen molar-refractivity contribution >= 4 is 12.2 Å². The Morgan fingerprint density at radius 2 is 1.31 bits per heavy atom. The van der Waals surface area contributed by atoms with Gasteiger partial charge in [-0.05, 0) is 64.7 Å². The summed E-state index contributed by atoms with van der Waals surface area (Å²) in [7, 11) is 0. The first-order valence-corrected chi connectivity index (χ1v) is 14.2. The fourth-order valence-corrected chi connectivity index (χ4v) is 5.75. The summed E-state index contributed by atoms with van der Waals surface area (Å²) in [6.45, 7) is -0.620. The zero-order valence-corrected chi connectivity index (χ0v) is 23.7. The third kappa shape index (κ3) is 6.12. The lowest BCUT2D eigenvalue weighted by atomic mass is 9.82. The number of rotatable bonds is 7. The lowest BCUT2D eigenvalue weighted by Gasteiger charge is -2.39. The molecule has 11 heteroatoms. The van der Waals surface area contributed by atoms with Crippen molar-refractivity contribution in [2.75, 3.05) is 6.61 Å². The van der Waals surface area contributed by atoms with Crippen molar-refractivity contribution in [3.05, 3.63) is 107 Å². The molecule has 6 rings (SSSR count). The summed E-state index contributed by atoms with van der Waals surface area (Å²) in [5, 5.41) is 81.1. The molecule has 8 N–H and O–H groups in total. The number of phenols is 4. The van der Waals surface area contributed by atoms with Crippen LogP contribution >= 0.6 is 0 Å². The topological polar surface area (TPSA) is 190 Å². The van der Waals surface area contributed by atoms with E-state index < -0.39 is 49.3 Å². The molecule has 0 bridgehead atoms. The fraction of sp³-hybridized carbons (Fsp3) is 0.235. The highest BCUT2D eigenvalue weighted by Gasteiger charge is 2.45. The highest BCUT2D eigenvalue weighted by atomic mass is 16.7. The molecule has 1 saturated heterocycles. The van der Waals surface area contributed by atoms with Crippen LogP contribution < -0.4 is 9.47 Å². The second kappa shape index (κ2) is 12.3. The predicted octanol–water partition coefficient (Wildman–Crippen LogP) is 3.12. The number of ether oxygens (including phenoxy) is 3. The quantitative estimate of drug-likeness (QED) is 0.142. The Balaban J connectivity index is 1.48. The van der Waals surface area contributed by atoms with Gasteiger partial charge in [-0.1, -0.05) is 36.4 Å². The number of fused-ring (bicyclic) bond motifs is 1. The Hall–Kier alpha value is -4.78. The predicted molar refractivity (Wildman–Crippen MR) is 161 cm³/mol. The third-order valence-corrected chi connectivity index (χ3v) is 7.97. The van der Waals surface area contributed by atoms with E-state index in [1.165, 1.54) is 30.3 Å². The van der Waals surface area contributed by atoms with Crippen molar-refractivity contribution in [2.24, 2.45) is 0 Å². The largest absolute Gasteiger partial charge is 0.508 e. The Morgan fingerprint density at radius 1 is 0.667 bits per heavy atom. The van der Waals surface area contributed by atoms with E-state index in [0.717, 1.165) is 5.56 Å². The van der Waals surface area contributed by atoms with Crippen molar-refractivity contribution in [3.8, 4) is 34.5 Å². The van der Waals surface area contributed by atoms with Gasteiger partial charge in [0.05, 0.1) is 12.5 Å². The molecule has 0 unspecified atom stereocenters. The molecular formula is C34H32O11. The molecule has 4 aromatic rings. The molecule has 45 heavy (non-hydrogen) atoms. The standard InChI is InChI=1S/C34H32O11/c35-16-27-30(40)31(41)32(42)34(45-27)43-25-13-19(4-1-17-2-7-21(36)8-3-17)28-26(15-25)44-33(18-5-9-22(37)10-6-18)29(28)20-11-23(38)14-24(39)12-20/h1-15,27,29-42H,16H2/b4-1+/t27-,29-,30-,31+,32-,33+,34-/m1/s1. The average Bonchev–Trinajstić information content (AvgIpc) is 3.40. The molecule has 2 heterocycles. The molecule has 234 valence electrons. The minimum atomic E-state index is -1.64. The van der Waals surface area contributed by atoms with Crippen LogP contribution in [0.5, 0.6) is 34.5 Å². The van der Waals surface area contributed by atoms with Gasteiger partial charge in [-0.3, -0.25) is 0 Å².